The molecule has 1 aromatic heterocycles. The molecule has 0 atom stereocenters. The molecular weight excluding hydrogens is 206 g/mol. The second-order valence-electron chi connectivity index (χ2n) is 4.27. The highest BCUT2D eigenvalue weighted by atomic mass is 32.2. The number of carbonyl (C=O) groups is 1. The summed E-state index contributed by atoms with van der Waals surface area (Å²) in [5.74, 6) is 0. The summed E-state index contributed by atoms with van der Waals surface area (Å²) in [5, 5.41) is 0. The summed E-state index contributed by atoms with van der Waals surface area (Å²) in [4.78, 5) is 10.8. The van der Waals surface area contributed by atoms with Gasteiger partial charge in [-0.2, -0.15) is 11.8 Å². The molecule has 0 amide bonds. The third kappa shape index (κ3) is 2.12. The number of carbonyl (C=O) groups excluding carboxylic acids is 1. The molecule has 1 aliphatic carbocycles. The van der Waals surface area contributed by atoms with Crippen LogP contribution in [0.5, 0.6) is 0 Å². The molecule has 0 saturated heterocycles. The Kier molecular flexibility index (Phi) is 3.19. The average molecular weight is 223 g/mol. The van der Waals surface area contributed by atoms with Crippen molar-refractivity contribution in [2.24, 2.45) is 0 Å². The van der Waals surface area contributed by atoms with E-state index in [-0.39, 0.29) is 0 Å². The van der Waals surface area contributed by atoms with Crippen molar-refractivity contribution in [3.05, 3.63) is 24.0 Å². The molecule has 2 rings (SSSR count). The summed E-state index contributed by atoms with van der Waals surface area (Å²) >= 11 is 1.96. The molecule has 82 valence electrons. The number of hydrogen-bond acceptors (Lipinski definition) is 2. The van der Waals surface area contributed by atoms with Crippen molar-refractivity contribution in [1.82, 2.24) is 4.57 Å². The second-order valence-corrected chi connectivity index (χ2v) is 5.55. The minimum Gasteiger partial charge on any atom is -0.344 e. The Hall–Kier alpha value is -0.700. The van der Waals surface area contributed by atoms with Crippen LogP contribution in [0.3, 0.4) is 0 Å². The number of aldehydes is 1. The van der Waals surface area contributed by atoms with Gasteiger partial charge < -0.3 is 4.57 Å². The first kappa shape index (κ1) is 10.8. The van der Waals surface area contributed by atoms with Crippen LogP contribution in [0.4, 0.5) is 0 Å². The topological polar surface area (TPSA) is 22.0 Å². The molecule has 0 bridgehead atoms. The summed E-state index contributed by atoms with van der Waals surface area (Å²) in [7, 11) is 0. The highest BCUT2D eigenvalue weighted by molar-refractivity contribution is 8.00. The lowest BCUT2D eigenvalue weighted by Gasteiger charge is -2.27. The van der Waals surface area contributed by atoms with E-state index in [0.717, 1.165) is 18.5 Å². The maximum absolute atomic E-state index is 10.8. The van der Waals surface area contributed by atoms with Gasteiger partial charge in [-0.3, -0.25) is 4.79 Å². The van der Waals surface area contributed by atoms with Crippen molar-refractivity contribution in [3.8, 4) is 0 Å². The molecule has 0 spiro atoms. The Labute approximate surface area is 95.0 Å². The molecule has 1 heterocycles. The Morgan fingerprint density at radius 1 is 1.53 bits per heavy atom. The van der Waals surface area contributed by atoms with Crippen LogP contribution in [-0.2, 0) is 6.54 Å². The van der Waals surface area contributed by atoms with E-state index in [1.165, 1.54) is 25.7 Å². The predicted molar refractivity (Wildman–Crippen MR) is 64.5 cm³/mol. The molecule has 1 saturated carbocycles. The molecule has 2 nitrogen and oxygen atoms in total. The number of rotatable bonds is 4. The molecule has 1 aromatic rings. The van der Waals surface area contributed by atoms with Crippen LogP contribution in [0.1, 0.15) is 36.2 Å². The van der Waals surface area contributed by atoms with Gasteiger partial charge in [0.15, 0.2) is 6.29 Å². The van der Waals surface area contributed by atoms with Gasteiger partial charge in [0, 0.05) is 17.5 Å². The van der Waals surface area contributed by atoms with Crippen molar-refractivity contribution in [2.45, 2.75) is 37.0 Å². The fourth-order valence-corrected chi connectivity index (χ4v) is 3.40. The SMILES string of the molecule is CSC1(Cn2cccc2C=O)CCCC1. The lowest BCUT2D eigenvalue weighted by Crippen LogP contribution is -2.27. The van der Waals surface area contributed by atoms with E-state index < -0.39 is 0 Å². The molecule has 0 aliphatic heterocycles. The Morgan fingerprint density at radius 3 is 2.87 bits per heavy atom. The molecule has 1 fully saturated rings. The zero-order valence-electron chi connectivity index (χ0n) is 9.11. The van der Waals surface area contributed by atoms with Gasteiger partial charge in [-0.1, -0.05) is 12.8 Å². The zero-order valence-corrected chi connectivity index (χ0v) is 9.93. The maximum Gasteiger partial charge on any atom is 0.166 e. The van der Waals surface area contributed by atoms with Crippen LogP contribution in [0.2, 0.25) is 0 Å². The van der Waals surface area contributed by atoms with E-state index in [0.29, 0.717) is 4.75 Å². The number of aromatic nitrogens is 1. The first-order valence-corrected chi connectivity index (χ1v) is 6.68. The van der Waals surface area contributed by atoms with E-state index in [1.54, 1.807) is 0 Å². The highest BCUT2D eigenvalue weighted by Crippen LogP contribution is 2.41. The van der Waals surface area contributed by atoms with E-state index in [2.05, 4.69) is 10.8 Å². The minimum absolute atomic E-state index is 0.372. The molecule has 0 N–H and O–H groups in total. The predicted octanol–water partition coefficient (Wildman–Crippen LogP) is 2.98. The third-order valence-electron chi connectivity index (χ3n) is 3.39. The maximum atomic E-state index is 10.8. The standard InChI is InChI=1S/C12H17NOS/c1-15-12(6-2-3-7-12)10-13-8-4-5-11(13)9-14/h4-5,8-9H,2-3,6-7,10H2,1H3. The summed E-state index contributed by atoms with van der Waals surface area (Å²) in [6.45, 7) is 0.981. The zero-order chi connectivity index (χ0) is 10.7. The van der Waals surface area contributed by atoms with Gasteiger partial charge in [-0.15, -0.1) is 0 Å². The fraction of sp³-hybridized carbons (Fsp3) is 0.583. The Balaban J connectivity index is 2.16. The molecular formula is C12H17NOS. The van der Waals surface area contributed by atoms with Gasteiger partial charge in [-0.05, 0) is 31.2 Å². The van der Waals surface area contributed by atoms with Gasteiger partial charge in [0.05, 0.1) is 5.69 Å². The van der Waals surface area contributed by atoms with Crippen molar-refractivity contribution < 1.29 is 4.79 Å². The van der Waals surface area contributed by atoms with Crippen molar-refractivity contribution in [2.75, 3.05) is 6.26 Å². The van der Waals surface area contributed by atoms with Crippen molar-refractivity contribution >= 4 is 18.0 Å². The summed E-state index contributed by atoms with van der Waals surface area (Å²) < 4.78 is 2.46. The summed E-state index contributed by atoms with van der Waals surface area (Å²) in [6.07, 6.45) is 10.4. The average Bonchev–Trinajstić information content (AvgIpc) is 2.88. The first-order chi connectivity index (χ1) is 7.29. The number of nitrogens with zero attached hydrogens (tertiary/aromatic N) is 1. The van der Waals surface area contributed by atoms with Crippen LogP contribution in [0.25, 0.3) is 0 Å². The highest BCUT2D eigenvalue weighted by Gasteiger charge is 2.33. The largest absolute Gasteiger partial charge is 0.344 e. The van der Waals surface area contributed by atoms with Gasteiger partial charge in [-0.25, -0.2) is 0 Å². The number of thioether (sulfide) groups is 1. The second kappa shape index (κ2) is 4.44. The van der Waals surface area contributed by atoms with Gasteiger partial charge in [0.2, 0.25) is 0 Å². The lowest BCUT2D eigenvalue weighted by molar-refractivity contribution is 0.111. The first-order valence-electron chi connectivity index (χ1n) is 5.45. The lowest BCUT2D eigenvalue weighted by atomic mass is 10.1. The van der Waals surface area contributed by atoms with E-state index >= 15 is 0 Å². The Morgan fingerprint density at radius 2 is 2.27 bits per heavy atom. The van der Waals surface area contributed by atoms with Crippen LogP contribution < -0.4 is 0 Å². The molecule has 0 unspecified atom stereocenters. The summed E-state index contributed by atoms with van der Waals surface area (Å²) in [6, 6.07) is 3.84. The van der Waals surface area contributed by atoms with Crippen LogP contribution >= 0.6 is 11.8 Å². The van der Waals surface area contributed by atoms with Crippen LogP contribution in [0, 0.1) is 0 Å². The molecule has 0 radical (unpaired) electrons. The van der Waals surface area contributed by atoms with Crippen LogP contribution in [0.15, 0.2) is 18.3 Å². The van der Waals surface area contributed by atoms with Gasteiger partial charge in [0.25, 0.3) is 0 Å². The third-order valence-corrected chi connectivity index (χ3v) is 4.80. The van der Waals surface area contributed by atoms with Crippen molar-refractivity contribution in [3.63, 3.8) is 0 Å². The van der Waals surface area contributed by atoms with Crippen LogP contribution in [-0.4, -0.2) is 21.9 Å². The molecule has 1 aliphatic rings. The Bertz CT molecular complexity index is 339. The van der Waals surface area contributed by atoms with E-state index in [9.17, 15) is 4.79 Å². The quantitative estimate of drug-likeness (QED) is 0.732. The molecule has 3 heteroatoms. The molecule has 0 aromatic carbocycles. The monoisotopic (exact) mass is 223 g/mol. The number of hydrogen-bond donors (Lipinski definition) is 0. The molecule has 15 heavy (non-hydrogen) atoms. The van der Waals surface area contributed by atoms with Gasteiger partial charge in [0.1, 0.15) is 0 Å². The van der Waals surface area contributed by atoms with Crippen molar-refractivity contribution in [1.29, 1.82) is 0 Å². The van der Waals surface area contributed by atoms with Gasteiger partial charge >= 0.3 is 0 Å². The van der Waals surface area contributed by atoms with E-state index in [1.807, 2.05) is 30.1 Å². The normalized spacial score (nSPS) is 19.3. The smallest absolute Gasteiger partial charge is 0.166 e. The van der Waals surface area contributed by atoms with E-state index in [4.69, 9.17) is 0 Å². The summed E-state index contributed by atoms with van der Waals surface area (Å²) in [5.41, 5.74) is 0.801. The fourth-order valence-electron chi connectivity index (χ4n) is 2.43. The minimum atomic E-state index is 0.372.